The van der Waals surface area contributed by atoms with Crippen LogP contribution in [-0.4, -0.2) is 25.8 Å². The molecule has 0 amide bonds. The van der Waals surface area contributed by atoms with Crippen molar-refractivity contribution >= 4 is 28.3 Å². The standard InChI is InChI=1S/C15H15N3O2S/c1-9(2)8-18-14-11(7-16-18)10(15(19)20)6-12(17-14)13-4-3-5-21-13/h3-7,9H,8H2,1-2H3,(H,19,20). The first-order valence-corrected chi connectivity index (χ1v) is 7.58. The van der Waals surface area contributed by atoms with E-state index in [2.05, 4.69) is 23.9 Å². The fourth-order valence-electron chi connectivity index (χ4n) is 2.25. The van der Waals surface area contributed by atoms with Gasteiger partial charge in [-0.25, -0.2) is 14.5 Å². The molecule has 0 spiro atoms. The summed E-state index contributed by atoms with van der Waals surface area (Å²) in [4.78, 5) is 17.1. The zero-order chi connectivity index (χ0) is 15.0. The lowest BCUT2D eigenvalue weighted by molar-refractivity contribution is 0.0699. The molecule has 0 unspecified atom stereocenters. The van der Waals surface area contributed by atoms with Crippen LogP contribution in [0.4, 0.5) is 0 Å². The van der Waals surface area contributed by atoms with E-state index in [4.69, 9.17) is 0 Å². The molecule has 6 heteroatoms. The molecule has 3 heterocycles. The van der Waals surface area contributed by atoms with Gasteiger partial charge in [0.25, 0.3) is 0 Å². The van der Waals surface area contributed by atoms with Crippen molar-refractivity contribution in [3.8, 4) is 10.6 Å². The molecule has 0 aromatic carbocycles. The minimum atomic E-state index is -0.954. The summed E-state index contributed by atoms with van der Waals surface area (Å²) in [6, 6.07) is 5.49. The van der Waals surface area contributed by atoms with E-state index in [0.29, 0.717) is 29.2 Å². The molecule has 0 bridgehead atoms. The van der Waals surface area contributed by atoms with Gasteiger partial charge in [0.05, 0.1) is 27.7 Å². The molecule has 1 N–H and O–H groups in total. The summed E-state index contributed by atoms with van der Waals surface area (Å²) in [6.07, 6.45) is 1.59. The summed E-state index contributed by atoms with van der Waals surface area (Å²) in [5.41, 5.74) is 1.56. The minimum absolute atomic E-state index is 0.249. The number of carbonyl (C=O) groups is 1. The summed E-state index contributed by atoms with van der Waals surface area (Å²) in [7, 11) is 0. The number of nitrogens with zero attached hydrogens (tertiary/aromatic N) is 3. The molecular weight excluding hydrogens is 286 g/mol. The number of aromatic nitrogens is 3. The Labute approximate surface area is 125 Å². The van der Waals surface area contributed by atoms with Gasteiger partial charge in [-0.2, -0.15) is 5.10 Å². The number of rotatable bonds is 4. The minimum Gasteiger partial charge on any atom is -0.478 e. The van der Waals surface area contributed by atoms with Crippen LogP contribution in [0.3, 0.4) is 0 Å². The number of hydrogen-bond donors (Lipinski definition) is 1. The highest BCUT2D eigenvalue weighted by atomic mass is 32.1. The van der Waals surface area contributed by atoms with Crippen molar-refractivity contribution in [3.63, 3.8) is 0 Å². The van der Waals surface area contributed by atoms with Crippen LogP contribution in [0, 0.1) is 5.92 Å². The third-order valence-electron chi connectivity index (χ3n) is 3.15. The SMILES string of the molecule is CC(C)Cn1ncc2c(C(=O)O)cc(-c3cccs3)nc21. The van der Waals surface area contributed by atoms with Gasteiger partial charge in [0.15, 0.2) is 5.65 Å². The smallest absolute Gasteiger partial charge is 0.336 e. The molecule has 5 nitrogen and oxygen atoms in total. The Morgan fingerprint density at radius 2 is 2.29 bits per heavy atom. The highest BCUT2D eigenvalue weighted by Crippen LogP contribution is 2.28. The normalized spacial score (nSPS) is 11.4. The molecule has 3 rings (SSSR count). The van der Waals surface area contributed by atoms with Gasteiger partial charge in [-0.1, -0.05) is 19.9 Å². The molecule has 21 heavy (non-hydrogen) atoms. The molecular formula is C15H15N3O2S. The summed E-state index contributed by atoms with van der Waals surface area (Å²) in [5, 5.41) is 16.3. The monoisotopic (exact) mass is 301 g/mol. The highest BCUT2D eigenvalue weighted by molar-refractivity contribution is 7.13. The molecule has 0 saturated heterocycles. The number of thiophene rings is 1. The van der Waals surface area contributed by atoms with Crippen molar-refractivity contribution in [3.05, 3.63) is 35.3 Å². The number of pyridine rings is 1. The maximum absolute atomic E-state index is 11.5. The van der Waals surface area contributed by atoms with Crippen LogP contribution in [-0.2, 0) is 6.54 Å². The van der Waals surface area contributed by atoms with Crippen LogP contribution in [0.25, 0.3) is 21.6 Å². The second-order valence-corrected chi connectivity index (χ2v) is 6.24. The lowest BCUT2D eigenvalue weighted by atomic mass is 10.1. The number of hydrogen-bond acceptors (Lipinski definition) is 4. The number of carboxylic acid groups (broad SMARTS) is 1. The van der Waals surface area contributed by atoms with Gasteiger partial charge in [-0.05, 0) is 23.4 Å². The molecule has 0 saturated carbocycles. The summed E-state index contributed by atoms with van der Waals surface area (Å²) < 4.78 is 1.78. The quantitative estimate of drug-likeness (QED) is 0.800. The summed E-state index contributed by atoms with van der Waals surface area (Å²) >= 11 is 1.54. The first-order chi connectivity index (χ1) is 10.1. The first kappa shape index (κ1) is 13.8. The van der Waals surface area contributed by atoms with E-state index in [0.717, 1.165) is 4.88 Å². The highest BCUT2D eigenvalue weighted by Gasteiger charge is 2.17. The summed E-state index contributed by atoms with van der Waals surface area (Å²) in [5.74, 6) is -0.544. The van der Waals surface area contributed by atoms with Gasteiger partial charge in [0.1, 0.15) is 0 Å². The lowest BCUT2D eigenvalue weighted by Gasteiger charge is -2.07. The molecule has 0 aliphatic heterocycles. The van der Waals surface area contributed by atoms with Gasteiger partial charge in [-0.15, -0.1) is 11.3 Å². The van der Waals surface area contributed by atoms with E-state index >= 15 is 0 Å². The van der Waals surface area contributed by atoms with Crippen molar-refractivity contribution in [2.75, 3.05) is 0 Å². The molecule has 3 aromatic heterocycles. The Balaban J connectivity index is 2.24. The molecule has 0 atom stereocenters. The predicted molar refractivity (Wildman–Crippen MR) is 82.6 cm³/mol. The van der Waals surface area contributed by atoms with E-state index in [1.807, 2.05) is 17.5 Å². The van der Waals surface area contributed by atoms with Crippen LogP contribution in [0.1, 0.15) is 24.2 Å². The van der Waals surface area contributed by atoms with Crippen LogP contribution < -0.4 is 0 Å². The molecule has 0 aliphatic carbocycles. The van der Waals surface area contributed by atoms with E-state index < -0.39 is 5.97 Å². The van der Waals surface area contributed by atoms with E-state index in [1.165, 1.54) is 0 Å². The largest absolute Gasteiger partial charge is 0.478 e. The number of fused-ring (bicyclic) bond motifs is 1. The third kappa shape index (κ3) is 2.54. The second-order valence-electron chi connectivity index (χ2n) is 5.30. The van der Waals surface area contributed by atoms with Crippen molar-refractivity contribution in [2.24, 2.45) is 5.92 Å². The fourth-order valence-corrected chi connectivity index (χ4v) is 2.94. The molecule has 108 valence electrons. The van der Waals surface area contributed by atoms with Crippen molar-refractivity contribution in [2.45, 2.75) is 20.4 Å². The van der Waals surface area contributed by atoms with E-state index in [-0.39, 0.29) is 5.56 Å². The molecule has 0 aliphatic rings. The predicted octanol–water partition coefficient (Wildman–Crippen LogP) is 3.51. The van der Waals surface area contributed by atoms with Gasteiger partial charge in [-0.3, -0.25) is 0 Å². The van der Waals surface area contributed by atoms with Gasteiger partial charge < -0.3 is 5.11 Å². The maximum atomic E-state index is 11.5. The van der Waals surface area contributed by atoms with Crippen LogP contribution in [0.15, 0.2) is 29.8 Å². The Hall–Kier alpha value is -2.21. The van der Waals surface area contributed by atoms with Crippen molar-refractivity contribution < 1.29 is 9.90 Å². The van der Waals surface area contributed by atoms with E-state index in [1.54, 1.807) is 28.3 Å². The van der Waals surface area contributed by atoms with Crippen molar-refractivity contribution in [1.82, 2.24) is 14.8 Å². The maximum Gasteiger partial charge on any atom is 0.336 e. The Morgan fingerprint density at radius 1 is 1.48 bits per heavy atom. The molecule has 3 aromatic rings. The Morgan fingerprint density at radius 3 is 2.90 bits per heavy atom. The fraction of sp³-hybridized carbons (Fsp3) is 0.267. The lowest BCUT2D eigenvalue weighted by Crippen LogP contribution is -2.07. The topological polar surface area (TPSA) is 68.0 Å². The van der Waals surface area contributed by atoms with Gasteiger partial charge >= 0.3 is 5.97 Å². The zero-order valence-electron chi connectivity index (χ0n) is 11.8. The van der Waals surface area contributed by atoms with Crippen LogP contribution in [0.5, 0.6) is 0 Å². The molecule has 0 fully saturated rings. The average molecular weight is 301 g/mol. The second kappa shape index (κ2) is 5.29. The number of aromatic carboxylic acids is 1. The Bertz CT molecular complexity index is 791. The zero-order valence-corrected chi connectivity index (χ0v) is 12.6. The van der Waals surface area contributed by atoms with Gasteiger partial charge in [0, 0.05) is 6.54 Å². The van der Waals surface area contributed by atoms with Crippen LogP contribution in [0.2, 0.25) is 0 Å². The van der Waals surface area contributed by atoms with Crippen LogP contribution >= 0.6 is 11.3 Å². The van der Waals surface area contributed by atoms with Crippen molar-refractivity contribution in [1.29, 1.82) is 0 Å². The van der Waals surface area contributed by atoms with Gasteiger partial charge in [0.2, 0.25) is 0 Å². The van der Waals surface area contributed by atoms with E-state index in [9.17, 15) is 9.90 Å². The third-order valence-corrected chi connectivity index (χ3v) is 4.04. The average Bonchev–Trinajstić information content (AvgIpc) is 3.07. The molecule has 0 radical (unpaired) electrons. The Kier molecular flexibility index (Phi) is 3.47. The first-order valence-electron chi connectivity index (χ1n) is 6.70. The number of carboxylic acids is 1. The summed E-state index contributed by atoms with van der Waals surface area (Å²) in [6.45, 7) is 4.90.